The van der Waals surface area contributed by atoms with Crippen molar-refractivity contribution in [3.05, 3.63) is 11.9 Å². The van der Waals surface area contributed by atoms with E-state index in [0.717, 1.165) is 0 Å². The molecule has 7 nitrogen and oxygen atoms in total. The van der Waals surface area contributed by atoms with Gasteiger partial charge in [0.1, 0.15) is 11.6 Å². The minimum absolute atomic E-state index is 0.154. The Labute approximate surface area is 94.1 Å². The van der Waals surface area contributed by atoms with Crippen LogP contribution < -0.4 is 15.2 Å². The van der Waals surface area contributed by atoms with Crippen molar-refractivity contribution in [1.82, 2.24) is 9.97 Å². The number of anilines is 1. The third-order valence-electron chi connectivity index (χ3n) is 1.72. The molecular formula is C8H14N4O3S. The molecule has 90 valence electrons. The van der Waals surface area contributed by atoms with E-state index < -0.39 is 10.0 Å². The summed E-state index contributed by atoms with van der Waals surface area (Å²) in [6.07, 6.45) is 0. The highest BCUT2D eigenvalue weighted by Crippen LogP contribution is 2.12. The summed E-state index contributed by atoms with van der Waals surface area (Å²) in [5.74, 6) is 1.31. The molecule has 0 spiro atoms. The second kappa shape index (κ2) is 5.08. The zero-order chi connectivity index (χ0) is 12.2. The topological polar surface area (TPSA) is 107 Å². The number of aryl methyl sites for hydroxylation is 1. The maximum absolute atomic E-state index is 10.7. The molecule has 1 aromatic heterocycles. The van der Waals surface area contributed by atoms with Gasteiger partial charge in [-0.15, -0.1) is 0 Å². The zero-order valence-electron chi connectivity index (χ0n) is 9.10. The van der Waals surface area contributed by atoms with Crippen molar-refractivity contribution < 1.29 is 13.2 Å². The second-order valence-electron chi connectivity index (χ2n) is 3.14. The molecule has 0 aromatic carbocycles. The normalized spacial score (nSPS) is 11.2. The van der Waals surface area contributed by atoms with Gasteiger partial charge in [0, 0.05) is 12.6 Å². The minimum Gasteiger partial charge on any atom is -0.481 e. The van der Waals surface area contributed by atoms with Crippen LogP contribution in [0.25, 0.3) is 0 Å². The Kier molecular flexibility index (Phi) is 4.02. The van der Waals surface area contributed by atoms with E-state index in [-0.39, 0.29) is 12.3 Å². The fourth-order valence-electron chi connectivity index (χ4n) is 1.06. The van der Waals surface area contributed by atoms with E-state index in [0.29, 0.717) is 17.5 Å². The van der Waals surface area contributed by atoms with Gasteiger partial charge in [-0.1, -0.05) is 0 Å². The number of nitrogens with two attached hydrogens (primary N) is 1. The second-order valence-corrected chi connectivity index (χ2v) is 4.87. The zero-order valence-corrected chi connectivity index (χ0v) is 9.91. The lowest BCUT2D eigenvalue weighted by Crippen LogP contribution is -2.22. The molecule has 3 N–H and O–H groups in total. The third kappa shape index (κ3) is 4.41. The Balaban J connectivity index is 2.63. The molecule has 0 aliphatic heterocycles. The highest BCUT2D eigenvalue weighted by Gasteiger charge is 2.04. The quantitative estimate of drug-likeness (QED) is 0.724. The number of ether oxygens (including phenoxy) is 1. The van der Waals surface area contributed by atoms with Crippen molar-refractivity contribution in [2.24, 2.45) is 5.14 Å². The number of hydrogen-bond acceptors (Lipinski definition) is 6. The Morgan fingerprint density at radius 1 is 1.50 bits per heavy atom. The van der Waals surface area contributed by atoms with Crippen LogP contribution in [0.3, 0.4) is 0 Å². The predicted molar refractivity (Wildman–Crippen MR) is 59.8 cm³/mol. The molecule has 0 bridgehead atoms. The summed E-state index contributed by atoms with van der Waals surface area (Å²) in [5.41, 5.74) is 0. The van der Waals surface area contributed by atoms with Gasteiger partial charge in [-0.25, -0.2) is 18.5 Å². The lowest BCUT2D eigenvalue weighted by atomic mass is 10.5. The number of primary sulfonamides is 1. The van der Waals surface area contributed by atoms with Crippen molar-refractivity contribution in [3.63, 3.8) is 0 Å². The van der Waals surface area contributed by atoms with Crippen LogP contribution >= 0.6 is 0 Å². The molecule has 1 rings (SSSR count). The molecule has 0 atom stereocenters. The van der Waals surface area contributed by atoms with E-state index in [4.69, 9.17) is 9.88 Å². The van der Waals surface area contributed by atoms with Gasteiger partial charge in [0.25, 0.3) is 0 Å². The first-order valence-corrected chi connectivity index (χ1v) is 6.26. The molecule has 8 heteroatoms. The van der Waals surface area contributed by atoms with Crippen molar-refractivity contribution >= 4 is 15.8 Å². The molecule has 0 saturated heterocycles. The van der Waals surface area contributed by atoms with Crippen LogP contribution in [0.4, 0.5) is 5.82 Å². The molecule has 0 saturated carbocycles. The molecule has 1 heterocycles. The molecule has 1 aromatic rings. The maximum atomic E-state index is 10.7. The van der Waals surface area contributed by atoms with Gasteiger partial charge in [-0.05, 0) is 6.92 Å². The van der Waals surface area contributed by atoms with E-state index in [1.165, 1.54) is 7.11 Å². The first-order valence-electron chi connectivity index (χ1n) is 4.55. The summed E-state index contributed by atoms with van der Waals surface area (Å²) in [4.78, 5) is 8.06. The number of methoxy groups -OCH3 is 1. The maximum Gasteiger partial charge on any atom is 0.218 e. The van der Waals surface area contributed by atoms with Crippen LogP contribution in [0.5, 0.6) is 5.88 Å². The van der Waals surface area contributed by atoms with Gasteiger partial charge in [0.15, 0.2) is 0 Å². The average Bonchev–Trinajstić information content (AvgIpc) is 2.14. The van der Waals surface area contributed by atoms with E-state index in [9.17, 15) is 8.42 Å². The lowest BCUT2D eigenvalue weighted by molar-refractivity contribution is 0.396. The Bertz CT molecular complexity index is 460. The molecule has 0 radical (unpaired) electrons. The van der Waals surface area contributed by atoms with Crippen LogP contribution in [0.15, 0.2) is 6.07 Å². The lowest BCUT2D eigenvalue weighted by Gasteiger charge is -2.06. The van der Waals surface area contributed by atoms with Crippen molar-refractivity contribution in [3.8, 4) is 5.88 Å². The van der Waals surface area contributed by atoms with Crippen LogP contribution in [-0.4, -0.2) is 37.8 Å². The predicted octanol–water partition coefficient (Wildman–Crippen LogP) is -0.506. The summed E-state index contributed by atoms with van der Waals surface area (Å²) in [6.45, 7) is 1.91. The van der Waals surface area contributed by atoms with Gasteiger partial charge in [-0.3, -0.25) is 0 Å². The van der Waals surface area contributed by atoms with Gasteiger partial charge in [-0.2, -0.15) is 4.98 Å². The fraction of sp³-hybridized carbons (Fsp3) is 0.500. The molecule has 0 fully saturated rings. The van der Waals surface area contributed by atoms with Gasteiger partial charge < -0.3 is 10.1 Å². The highest BCUT2D eigenvalue weighted by molar-refractivity contribution is 7.89. The van der Waals surface area contributed by atoms with Crippen LogP contribution in [0.2, 0.25) is 0 Å². The van der Waals surface area contributed by atoms with Crippen molar-refractivity contribution in [1.29, 1.82) is 0 Å². The molecular weight excluding hydrogens is 232 g/mol. The van der Waals surface area contributed by atoms with E-state index in [2.05, 4.69) is 15.3 Å². The SMILES string of the molecule is COc1cc(NCCS(N)(=O)=O)nc(C)n1. The smallest absolute Gasteiger partial charge is 0.218 e. The fourth-order valence-corrected chi connectivity index (χ4v) is 1.44. The Morgan fingerprint density at radius 2 is 2.19 bits per heavy atom. The van der Waals surface area contributed by atoms with Crippen LogP contribution in [-0.2, 0) is 10.0 Å². The largest absolute Gasteiger partial charge is 0.481 e. The van der Waals surface area contributed by atoms with Crippen molar-refractivity contribution in [2.75, 3.05) is 24.7 Å². The number of nitrogens with zero attached hydrogens (tertiary/aromatic N) is 2. The summed E-state index contributed by atoms with van der Waals surface area (Å²) >= 11 is 0. The van der Waals surface area contributed by atoms with Gasteiger partial charge in [0.2, 0.25) is 15.9 Å². The Morgan fingerprint density at radius 3 is 2.75 bits per heavy atom. The number of aromatic nitrogens is 2. The monoisotopic (exact) mass is 246 g/mol. The summed E-state index contributed by atoms with van der Waals surface area (Å²) in [6, 6.07) is 1.58. The van der Waals surface area contributed by atoms with Crippen molar-refractivity contribution in [2.45, 2.75) is 6.92 Å². The van der Waals surface area contributed by atoms with E-state index >= 15 is 0 Å². The van der Waals surface area contributed by atoms with Crippen LogP contribution in [0.1, 0.15) is 5.82 Å². The number of nitrogens with one attached hydrogen (secondary N) is 1. The first-order chi connectivity index (χ1) is 7.40. The summed E-state index contributed by atoms with van der Waals surface area (Å²) < 4.78 is 26.3. The highest BCUT2D eigenvalue weighted by atomic mass is 32.2. The summed E-state index contributed by atoms with van der Waals surface area (Å²) in [5, 5.41) is 7.69. The molecule has 0 amide bonds. The molecule has 0 aliphatic carbocycles. The van der Waals surface area contributed by atoms with Gasteiger partial charge >= 0.3 is 0 Å². The number of sulfonamides is 1. The molecule has 16 heavy (non-hydrogen) atoms. The standard InChI is InChI=1S/C8H14N4O3S/c1-6-11-7(5-8(12-6)15-2)10-3-4-16(9,13)14/h5H,3-4H2,1-2H3,(H2,9,13,14)(H,10,11,12). The molecule has 0 aliphatic rings. The number of hydrogen-bond donors (Lipinski definition) is 2. The third-order valence-corrected chi connectivity index (χ3v) is 2.49. The molecule has 0 unspecified atom stereocenters. The minimum atomic E-state index is -3.46. The summed E-state index contributed by atoms with van der Waals surface area (Å²) in [7, 11) is -1.96. The van der Waals surface area contributed by atoms with E-state index in [1.54, 1.807) is 13.0 Å². The average molecular weight is 246 g/mol. The first kappa shape index (κ1) is 12.7. The van der Waals surface area contributed by atoms with E-state index in [1.807, 2.05) is 0 Å². The Hall–Kier alpha value is -1.41. The van der Waals surface area contributed by atoms with Gasteiger partial charge in [0.05, 0.1) is 12.9 Å². The van der Waals surface area contributed by atoms with Crippen LogP contribution in [0, 0.1) is 6.92 Å². The number of rotatable bonds is 5.